The fourth-order valence-electron chi connectivity index (χ4n) is 2.79. The van der Waals surface area contributed by atoms with Gasteiger partial charge in [-0.25, -0.2) is 9.78 Å². The third-order valence-corrected chi connectivity index (χ3v) is 4.18. The molecule has 1 unspecified atom stereocenters. The lowest BCUT2D eigenvalue weighted by Crippen LogP contribution is -2.42. The maximum Gasteiger partial charge on any atom is 0.339 e. The van der Waals surface area contributed by atoms with Gasteiger partial charge in [0.25, 0.3) is 5.91 Å². The van der Waals surface area contributed by atoms with Crippen molar-refractivity contribution in [2.45, 2.75) is 25.9 Å². The third kappa shape index (κ3) is 3.41. The predicted molar refractivity (Wildman–Crippen MR) is 91.2 cm³/mol. The summed E-state index contributed by atoms with van der Waals surface area (Å²) >= 11 is 5.77. The molecular formula is C18H17ClN2O3. The van der Waals surface area contributed by atoms with Crippen molar-refractivity contribution in [2.24, 2.45) is 0 Å². The molecule has 1 aliphatic heterocycles. The smallest absolute Gasteiger partial charge is 0.339 e. The monoisotopic (exact) mass is 344 g/mol. The highest BCUT2D eigenvalue weighted by atomic mass is 35.5. The van der Waals surface area contributed by atoms with Gasteiger partial charge >= 0.3 is 5.97 Å². The van der Waals surface area contributed by atoms with Crippen LogP contribution < -0.4 is 4.90 Å². The fraction of sp³-hybridized carbons (Fsp3) is 0.278. The highest BCUT2D eigenvalue weighted by molar-refractivity contribution is 6.29. The van der Waals surface area contributed by atoms with Gasteiger partial charge in [-0.1, -0.05) is 29.8 Å². The Balaban J connectivity index is 1.73. The van der Waals surface area contributed by atoms with Gasteiger partial charge in [-0.05, 0) is 43.5 Å². The lowest BCUT2D eigenvalue weighted by atomic mass is 10.0. The minimum atomic E-state index is -0.879. The van der Waals surface area contributed by atoms with Crippen molar-refractivity contribution in [2.75, 3.05) is 11.4 Å². The number of esters is 1. The van der Waals surface area contributed by atoms with Crippen LogP contribution in [0.4, 0.5) is 5.69 Å². The van der Waals surface area contributed by atoms with Crippen molar-refractivity contribution in [3.05, 3.63) is 58.9 Å². The molecule has 1 atom stereocenters. The number of ether oxygens (including phenoxy) is 1. The Morgan fingerprint density at radius 1 is 1.29 bits per heavy atom. The number of carbonyl (C=O) groups excluding carboxylic acids is 2. The molecular weight excluding hydrogens is 328 g/mol. The number of rotatable bonds is 3. The van der Waals surface area contributed by atoms with E-state index >= 15 is 0 Å². The van der Waals surface area contributed by atoms with Gasteiger partial charge in [0.1, 0.15) is 5.15 Å². The first-order chi connectivity index (χ1) is 11.6. The van der Waals surface area contributed by atoms with Crippen LogP contribution in [0.1, 0.15) is 29.3 Å². The van der Waals surface area contributed by atoms with Crippen molar-refractivity contribution in [3.8, 4) is 0 Å². The van der Waals surface area contributed by atoms with E-state index < -0.39 is 12.1 Å². The summed E-state index contributed by atoms with van der Waals surface area (Å²) in [6.07, 6.45) is 2.38. The molecule has 2 aromatic rings. The van der Waals surface area contributed by atoms with E-state index in [0.29, 0.717) is 6.54 Å². The van der Waals surface area contributed by atoms with Crippen LogP contribution in [0, 0.1) is 0 Å². The van der Waals surface area contributed by atoms with Crippen LogP contribution in [0.25, 0.3) is 0 Å². The van der Waals surface area contributed by atoms with E-state index in [1.807, 2.05) is 24.3 Å². The number of fused-ring (bicyclic) bond motifs is 1. The lowest BCUT2D eigenvalue weighted by molar-refractivity contribution is -0.126. The second kappa shape index (κ2) is 7.01. The topological polar surface area (TPSA) is 59.5 Å². The van der Waals surface area contributed by atoms with Crippen molar-refractivity contribution < 1.29 is 14.3 Å². The summed E-state index contributed by atoms with van der Waals surface area (Å²) in [5.41, 5.74) is 2.30. The predicted octanol–water partition coefficient (Wildman–Crippen LogP) is 3.26. The number of carbonyl (C=O) groups is 2. The molecule has 0 radical (unpaired) electrons. The molecule has 1 aromatic carbocycles. The number of halogens is 1. The average molecular weight is 345 g/mol. The van der Waals surface area contributed by atoms with Crippen LogP contribution in [0.15, 0.2) is 42.6 Å². The first-order valence-corrected chi connectivity index (χ1v) is 8.16. The third-order valence-electron chi connectivity index (χ3n) is 3.97. The number of nitrogens with zero attached hydrogens (tertiary/aromatic N) is 2. The van der Waals surface area contributed by atoms with Gasteiger partial charge in [0.15, 0.2) is 6.10 Å². The van der Waals surface area contributed by atoms with Crippen molar-refractivity contribution in [1.29, 1.82) is 0 Å². The SMILES string of the molecule is CC(OC(=O)c1ccnc(Cl)c1)C(=O)N1CCCc2ccccc21. The Morgan fingerprint density at radius 2 is 2.08 bits per heavy atom. The molecule has 3 rings (SSSR count). The Kier molecular flexibility index (Phi) is 4.81. The summed E-state index contributed by atoms with van der Waals surface area (Å²) in [6.45, 7) is 2.21. The molecule has 0 saturated carbocycles. The van der Waals surface area contributed by atoms with E-state index in [2.05, 4.69) is 4.98 Å². The number of hydrogen-bond acceptors (Lipinski definition) is 4. The number of pyridine rings is 1. The first kappa shape index (κ1) is 16.5. The van der Waals surface area contributed by atoms with E-state index in [-0.39, 0.29) is 16.6 Å². The van der Waals surface area contributed by atoms with Gasteiger partial charge < -0.3 is 9.64 Å². The molecule has 0 saturated heterocycles. The minimum Gasteiger partial charge on any atom is -0.449 e. The molecule has 0 bridgehead atoms. The van der Waals surface area contributed by atoms with Crippen LogP contribution >= 0.6 is 11.6 Å². The largest absolute Gasteiger partial charge is 0.449 e. The highest BCUT2D eigenvalue weighted by Crippen LogP contribution is 2.27. The zero-order valence-corrected chi connectivity index (χ0v) is 14.0. The van der Waals surface area contributed by atoms with Crippen molar-refractivity contribution in [1.82, 2.24) is 4.98 Å². The summed E-state index contributed by atoms with van der Waals surface area (Å²) in [6, 6.07) is 10.7. The summed E-state index contributed by atoms with van der Waals surface area (Å²) in [5, 5.41) is 0.202. The van der Waals surface area contributed by atoms with Crippen LogP contribution in [0.2, 0.25) is 5.15 Å². The highest BCUT2D eigenvalue weighted by Gasteiger charge is 2.28. The minimum absolute atomic E-state index is 0.202. The zero-order valence-electron chi connectivity index (χ0n) is 13.2. The Labute approximate surface area is 145 Å². The molecule has 1 aromatic heterocycles. The molecule has 5 nitrogen and oxygen atoms in total. The van der Waals surface area contributed by atoms with Crippen LogP contribution in [-0.2, 0) is 16.0 Å². The van der Waals surface area contributed by atoms with Crippen molar-refractivity contribution in [3.63, 3.8) is 0 Å². The second-order valence-corrected chi connectivity index (χ2v) is 6.02. The van der Waals surface area contributed by atoms with Gasteiger partial charge in [-0.15, -0.1) is 0 Å². The van der Waals surface area contributed by atoms with Crippen molar-refractivity contribution >= 4 is 29.2 Å². The van der Waals surface area contributed by atoms with E-state index in [9.17, 15) is 9.59 Å². The molecule has 1 aliphatic rings. The first-order valence-electron chi connectivity index (χ1n) is 7.78. The van der Waals surface area contributed by atoms with Crippen LogP contribution in [0.3, 0.4) is 0 Å². The fourth-order valence-corrected chi connectivity index (χ4v) is 2.96. The maximum atomic E-state index is 12.7. The number of hydrogen-bond donors (Lipinski definition) is 0. The van der Waals surface area contributed by atoms with Crippen LogP contribution in [-0.4, -0.2) is 29.5 Å². The lowest BCUT2D eigenvalue weighted by Gasteiger charge is -2.31. The molecule has 2 heterocycles. The van der Waals surface area contributed by atoms with Gasteiger partial charge in [-0.2, -0.15) is 0 Å². The summed E-state index contributed by atoms with van der Waals surface area (Å²) in [7, 11) is 0. The van der Waals surface area contributed by atoms with Gasteiger partial charge in [0, 0.05) is 18.4 Å². The number of aryl methyl sites for hydroxylation is 1. The molecule has 0 N–H and O–H groups in total. The van der Waals surface area contributed by atoms with E-state index in [1.54, 1.807) is 11.8 Å². The Hall–Kier alpha value is -2.40. The van der Waals surface area contributed by atoms with Crippen LogP contribution in [0.5, 0.6) is 0 Å². The van der Waals surface area contributed by atoms with Gasteiger partial charge in [0.2, 0.25) is 0 Å². The molecule has 0 fully saturated rings. The van der Waals surface area contributed by atoms with E-state index in [4.69, 9.17) is 16.3 Å². The Morgan fingerprint density at radius 3 is 2.88 bits per heavy atom. The number of amides is 1. The molecule has 124 valence electrons. The number of benzene rings is 1. The standard InChI is InChI=1S/C18H17ClN2O3/c1-12(24-18(23)14-8-9-20-16(19)11-14)17(22)21-10-4-6-13-5-2-3-7-15(13)21/h2-3,5,7-9,11-12H,4,6,10H2,1H3. The Bertz CT molecular complexity index is 778. The molecule has 6 heteroatoms. The summed E-state index contributed by atoms with van der Waals surface area (Å²) in [4.78, 5) is 30.4. The molecule has 0 spiro atoms. The van der Waals surface area contributed by atoms with E-state index in [1.165, 1.54) is 18.3 Å². The van der Waals surface area contributed by atoms with E-state index in [0.717, 1.165) is 24.1 Å². The van der Waals surface area contributed by atoms with Gasteiger partial charge in [-0.3, -0.25) is 4.79 Å². The second-order valence-electron chi connectivity index (χ2n) is 5.64. The number of para-hydroxylation sites is 1. The molecule has 0 aliphatic carbocycles. The molecule has 24 heavy (non-hydrogen) atoms. The zero-order chi connectivity index (χ0) is 17.1. The number of aromatic nitrogens is 1. The van der Waals surface area contributed by atoms with Gasteiger partial charge in [0.05, 0.1) is 5.56 Å². The maximum absolute atomic E-state index is 12.7. The number of anilines is 1. The summed E-state index contributed by atoms with van der Waals surface area (Å²) < 4.78 is 5.30. The molecule has 1 amide bonds. The summed E-state index contributed by atoms with van der Waals surface area (Å²) in [5.74, 6) is -0.818. The average Bonchev–Trinajstić information content (AvgIpc) is 2.60. The quantitative estimate of drug-likeness (QED) is 0.633. The normalized spacial score (nSPS) is 14.7.